The smallest absolute Gasteiger partial charge is 0.462 e. The molecule has 0 aliphatic carbocycles. The summed E-state index contributed by atoms with van der Waals surface area (Å²) >= 11 is 0. The predicted molar refractivity (Wildman–Crippen MR) is 395 cm³/mol. The lowest BCUT2D eigenvalue weighted by Gasteiger charge is -2.21. The van der Waals surface area contributed by atoms with Crippen molar-refractivity contribution in [2.45, 2.75) is 426 Å². The summed E-state index contributed by atoms with van der Waals surface area (Å²) in [6.45, 7) is 9.53. The molecule has 576 valence electrons. The van der Waals surface area contributed by atoms with Crippen molar-refractivity contribution < 1.29 is 80.2 Å². The van der Waals surface area contributed by atoms with Crippen LogP contribution in [0.4, 0.5) is 0 Å². The molecule has 0 saturated carbocycles. The number of hydrogen-bond donors (Lipinski definition) is 3. The molecule has 19 heteroatoms. The van der Waals surface area contributed by atoms with E-state index in [9.17, 15) is 43.2 Å². The van der Waals surface area contributed by atoms with Gasteiger partial charge in [-0.2, -0.15) is 0 Å². The second kappa shape index (κ2) is 69.8. The van der Waals surface area contributed by atoms with Crippen LogP contribution >= 0.6 is 15.6 Å². The highest BCUT2D eigenvalue weighted by atomic mass is 31.2. The second-order valence-electron chi connectivity index (χ2n) is 28.8. The molecule has 0 aromatic heterocycles. The van der Waals surface area contributed by atoms with Crippen LogP contribution in [0.5, 0.6) is 0 Å². The number of phosphoric acid groups is 2. The standard InChI is InChI=1S/C78H152O17P2/c1-7-10-12-14-16-18-20-22-24-26-27-29-31-33-35-37-42-50-56-62-77(82)94-73(66-88-75(80)60-54-48-41-36-34-32-30-28-25-23-21-19-17-15-13-11-8-2)68-92-96(84,85)90-64-72(79)65-91-97(86,87)93-69-74(67-89-76(81)61-55-49-45-44-47-53-59-71(6)9-3)95-78(83)63-57-51-43-39-38-40-46-52-58-70(4)5/h70-74,79H,7-69H2,1-6H3,(H,84,85)(H,86,87)/t71?,72-,73-,74-/m1/s1. The van der Waals surface area contributed by atoms with Crippen LogP contribution in [0.15, 0.2) is 0 Å². The minimum absolute atomic E-state index is 0.104. The van der Waals surface area contributed by atoms with E-state index in [2.05, 4.69) is 41.5 Å². The van der Waals surface area contributed by atoms with Crippen LogP contribution in [-0.2, 0) is 65.4 Å². The average molecular weight is 1420 g/mol. The van der Waals surface area contributed by atoms with Gasteiger partial charge in [0, 0.05) is 25.7 Å². The van der Waals surface area contributed by atoms with E-state index >= 15 is 0 Å². The van der Waals surface area contributed by atoms with Crippen molar-refractivity contribution >= 4 is 39.5 Å². The van der Waals surface area contributed by atoms with E-state index in [4.69, 9.17) is 37.0 Å². The molecule has 17 nitrogen and oxygen atoms in total. The Morgan fingerprint density at radius 1 is 0.299 bits per heavy atom. The number of phosphoric ester groups is 2. The summed E-state index contributed by atoms with van der Waals surface area (Å²) < 4.78 is 68.6. The molecule has 97 heavy (non-hydrogen) atoms. The number of hydrogen-bond acceptors (Lipinski definition) is 15. The third-order valence-corrected chi connectivity index (χ3v) is 20.5. The normalized spacial score (nSPS) is 14.2. The third-order valence-electron chi connectivity index (χ3n) is 18.6. The highest BCUT2D eigenvalue weighted by Crippen LogP contribution is 2.45. The largest absolute Gasteiger partial charge is 0.472 e. The quantitative estimate of drug-likeness (QED) is 0.0222. The highest BCUT2D eigenvalue weighted by molar-refractivity contribution is 7.47. The van der Waals surface area contributed by atoms with Gasteiger partial charge in [0.1, 0.15) is 19.3 Å². The molecule has 6 atom stereocenters. The first kappa shape index (κ1) is 95.1. The van der Waals surface area contributed by atoms with Gasteiger partial charge in [0.15, 0.2) is 12.2 Å². The lowest BCUT2D eigenvalue weighted by molar-refractivity contribution is -0.161. The van der Waals surface area contributed by atoms with E-state index in [0.29, 0.717) is 25.7 Å². The zero-order valence-corrected chi connectivity index (χ0v) is 65.2. The van der Waals surface area contributed by atoms with E-state index < -0.39 is 97.5 Å². The van der Waals surface area contributed by atoms with Crippen molar-refractivity contribution in [2.24, 2.45) is 11.8 Å². The Balaban J connectivity index is 5.22. The minimum Gasteiger partial charge on any atom is -0.462 e. The van der Waals surface area contributed by atoms with Crippen molar-refractivity contribution in [2.75, 3.05) is 39.6 Å². The monoisotopic (exact) mass is 1420 g/mol. The van der Waals surface area contributed by atoms with Gasteiger partial charge in [0.05, 0.1) is 26.4 Å². The Kier molecular flexibility index (Phi) is 68.4. The lowest BCUT2D eigenvalue weighted by Crippen LogP contribution is -2.30. The molecule has 0 aromatic carbocycles. The van der Waals surface area contributed by atoms with Crippen LogP contribution in [0.25, 0.3) is 0 Å². The Hall–Kier alpha value is -1.94. The van der Waals surface area contributed by atoms with Crippen LogP contribution in [0.2, 0.25) is 0 Å². The molecule has 0 aliphatic heterocycles. The summed E-state index contributed by atoms with van der Waals surface area (Å²) in [7, 11) is -9.91. The SMILES string of the molecule is CCCCCCCCCCCCCCCCCCCCCC(=O)O[C@H](COC(=O)CCCCCCCCCCCCCCCCCCC)COP(=O)(O)OC[C@@H](O)COP(=O)(O)OC[C@@H](COC(=O)CCCCCCCCC(C)CC)OC(=O)CCCCCCCCCCC(C)C. The van der Waals surface area contributed by atoms with Crippen molar-refractivity contribution in [3.8, 4) is 0 Å². The minimum atomic E-state index is -4.96. The molecule has 0 aliphatic rings. The fourth-order valence-corrected chi connectivity index (χ4v) is 13.6. The lowest BCUT2D eigenvalue weighted by atomic mass is 10.00. The predicted octanol–water partition coefficient (Wildman–Crippen LogP) is 23.1. The van der Waals surface area contributed by atoms with E-state index in [1.165, 1.54) is 218 Å². The average Bonchev–Trinajstić information content (AvgIpc) is 3.53. The van der Waals surface area contributed by atoms with Gasteiger partial charge in [-0.05, 0) is 37.5 Å². The molecular weight excluding hydrogens is 1270 g/mol. The number of carbonyl (C=O) groups is 4. The highest BCUT2D eigenvalue weighted by Gasteiger charge is 2.30. The number of aliphatic hydroxyl groups excluding tert-OH is 1. The Morgan fingerprint density at radius 2 is 0.526 bits per heavy atom. The molecule has 0 bridgehead atoms. The van der Waals surface area contributed by atoms with E-state index in [-0.39, 0.29) is 25.7 Å². The summed E-state index contributed by atoms with van der Waals surface area (Å²) in [4.78, 5) is 72.9. The summed E-state index contributed by atoms with van der Waals surface area (Å²) in [6.07, 6.45) is 58.5. The molecule has 0 rings (SSSR count). The second-order valence-corrected chi connectivity index (χ2v) is 31.7. The fourth-order valence-electron chi connectivity index (χ4n) is 12.0. The van der Waals surface area contributed by atoms with Gasteiger partial charge in [-0.15, -0.1) is 0 Å². The topological polar surface area (TPSA) is 237 Å². The summed E-state index contributed by atoms with van der Waals surface area (Å²) in [5, 5.41) is 10.6. The maximum absolute atomic E-state index is 13.1. The zero-order chi connectivity index (χ0) is 71.4. The maximum Gasteiger partial charge on any atom is 0.472 e. The third kappa shape index (κ3) is 70.9. The molecule has 0 saturated heterocycles. The van der Waals surface area contributed by atoms with Crippen molar-refractivity contribution in [1.82, 2.24) is 0 Å². The molecule has 0 heterocycles. The maximum atomic E-state index is 13.1. The number of ether oxygens (including phenoxy) is 4. The van der Waals surface area contributed by atoms with E-state index in [1.807, 2.05) is 0 Å². The van der Waals surface area contributed by atoms with Crippen molar-refractivity contribution in [3.05, 3.63) is 0 Å². The number of esters is 4. The summed E-state index contributed by atoms with van der Waals surface area (Å²) in [6, 6.07) is 0. The molecule has 3 unspecified atom stereocenters. The molecule has 0 spiro atoms. The zero-order valence-electron chi connectivity index (χ0n) is 63.4. The van der Waals surface area contributed by atoms with Gasteiger partial charge >= 0.3 is 39.5 Å². The van der Waals surface area contributed by atoms with Gasteiger partial charge in [-0.1, -0.05) is 356 Å². The van der Waals surface area contributed by atoms with Crippen molar-refractivity contribution in [3.63, 3.8) is 0 Å². The van der Waals surface area contributed by atoms with Gasteiger partial charge in [-0.3, -0.25) is 37.3 Å². The van der Waals surface area contributed by atoms with Crippen LogP contribution in [-0.4, -0.2) is 96.7 Å². The molecular formula is C78H152O17P2. The summed E-state index contributed by atoms with van der Waals surface area (Å²) in [5.41, 5.74) is 0. The molecule has 0 radical (unpaired) electrons. The number of aliphatic hydroxyl groups is 1. The van der Waals surface area contributed by atoms with Crippen LogP contribution < -0.4 is 0 Å². The molecule has 0 fully saturated rings. The van der Waals surface area contributed by atoms with Crippen molar-refractivity contribution in [1.29, 1.82) is 0 Å². The Morgan fingerprint density at radius 3 is 0.784 bits per heavy atom. The first-order valence-corrected chi connectivity index (χ1v) is 43.5. The molecule has 3 N–H and O–H groups in total. The number of unbranched alkanes of at least 4 members (excludes halogenated alkanes) is 46. The van der Waals surface area contributed by atoms with Crippen LogP contribution in [0, 0.1) is 11.8 Å². The number of carbonyl (C=O) groups excluding carboxylic acids is 4. The van der Waals surface area contributed by atoms with Gasteiger partial charge in [0.2, 0.25) is 0 Å². The fraction of sp³-hybridized carbons (Fsp3) is 0.949. The molecule has 0 aromatic rings. The molecule has 0 amide bonds. The Bertz CT molecular complexity index is 1870. The summed E-state index contributed by atoms with van der Waals surface area (Å²) in [5.74, 6) is -0.667. The Labute approximate surface area is 594 Å². The first-order chi connectivity index (χ1) is 46.9. The van der Waals surface area contributed by atoms with Crippen LogP contribution in [0.1, 0.15) is 408 Å². The van der Waals surface area contributed by atoms with E-state index in [0.717, 1.165) is 108 Å². The first-order valence-electron chi connectivity index (χ1n) is 40.5. The van der Waals surface area contributed by atoms with Gasteiger partial charge < -0.3 is 33.8 Å². The number of rotatable bonds is 77. The van der Waals surface area contributed by atoms with Gasteiger partial charge in [0.25, 0.3) is 0 Å². The van der Waals surface area contributed by atoms with Gasteiger partial charge in [-0.25, -0.2) is 9.13 Å². The van der Waals surface area contributed by atoms with E-state index in [1.54, 1.807) is 0 Å². The van der Waals surface area contributed by atoms with Crippen LogP contribution in [0.3, 0.4) is 0 Å².